The average molecular weight is 379 g/mol. The van der Waals surface area contributed by atoms with Gasteiger partial charge in [-0.2, -0.15) is 4.31 Å². The largest absolute Gasteiger partial charge is 0.368 e. The van der Waals surface area contributed by atoms with Gasteiger partial charge in [-0.3, -0.25) is 19.3 Å². The van der Waals surface area contributed by atoms with Crippen molar-refractivity contribution in [3.05, 3.63) is 35.4 Å². The lowest BCUT2D eigenvalue weighted by Crippen LogP contribution is -2.44. The average Bonchev–Trinajstić information content (AvgIpc) is 3.19. The minimum Gasteiger partial charge on any atom is -0.368 e. The van der Waals surface area contributed by atoms with E-state index in [0.717, 1.165) is 4.90 Å². The molecule has 26 heavy (non-hydrogen) atoms. The molecule has 3 rings (SSSR count). The summed E-state index contributed by atoms with van der Waals surface area (Å²) in [4.78, 5) is 37.0. The van der Waals surface area contributed by atoms with Crippen LogP contribution in [0.1, 0.15) is 46.4 Å². The molecule has 0 aromatic heterocycles. The highest BCUT2D eigenvalue weighted by Gasteiger charge is 2.37. The number of nitrogens with two attached hydrogens (primary N) is 1. The van der Waals surface area contributed by atoms with E-state index in [1.807, 2.05) is 0 Å². The Hall–Kier alpha value is -2.26. The molecular formula is C17H21N3O5S. The van der Waals surface area contributed by atoms with E-state index in [9.17, 15) is 22.8 Å². The summed E-state index contributed by atoms with van der Waals surface area (Å²) >= 11 is 0. The number of nitrogens with zero attached hydrogens (tertiary/aromatic N) is 2. The summed E-state index contributed by atoms with van der Waals surface area (Å²) in [5, 5.41) is 0. The first-order chi connectivity index (χ1) is 12.3. The van der Waals surface area contributed by atoms with Crippen molar-refractivity contribution < 1.29 is 22.8 Å². The molecule has 0 bridgehead atoms. The monoisotopic (exact) mass is 379 g/mol. The van der Waals surface area contributed by atoms with Gasteiger partial charge in [0.2, 0.25) is 15.9 Å². The zero-order valence-electron chi connectivity index (χ0n) is 14.3. The van der Waals surface area contributed by atoms with Crippen LogP contribution < -0.4 is 5.73 Å². The molecule has 0 radical (unpaired) electrons. The lowest BCUT2D eigenvalue weighted by Gasteiger charge is -2.21. The van der Waals surface area contributed by atoms with E-state index in [2.05, 4.69) is 0 Å². The molecule has 1 fully saturated rings. The molecule has 0 saturated carbocycles. The highest BCUT2D eigenvalue weighted by molar-refractivity contribution is 7.89. The summed E-state index contributed by atoms with van der Waals surface area (Å²) in [6.07, 6.45) is 1.73. The summed E-state index contributed by atoms with van der Waals surface area (Å²) < 4.78 is 26.0. The smallest absolute Gasteiger partial charge is 0.261 e. The molecule has 3 amide bonds. The number of amides is 3. The SMILES string of the molecule is NC(=O)[C@H]1CCCN1S(=O)(=O)CCCCN1C(=O)c2ccccc2C1=O. The van der Waals surface area contributed by atoms with Gasteiger partial charge in [0.15, 0.2) is 0 Å². The van der Waals surface area contributed by atoms with Gasteiger partial charge < -0.3 is 5.73 Å². The summed E-state index contributed by atoms with van der Waals surface area (Å²) in [6.45, 7) is 0.468. The lowest BCUT2D eigenvalue weighted by atomic mass is 10.1. The Morgan fingerprint density at radius 1 is 1.12 bits per heavy atom. The van der Waals surface area contributed by atoms with Crippen LogP contribution in [0.3, 0.4) is 0 Å². The van der Waals surface area contributed by atoms with Crippen molar-refractivity contribution >= 4 is 27.7 Å². The Morgan fingerprint density at radius 3 is 2.31 bits per heavy atom. The number of fused-ring (bicyclic) bond motifs is 1. The third-order valence-corrected chi connectivity index (χ3v) is 6.76. The second-order valence-corrected chi connectivity index (χ2v) is 8.54. The van der Waals surface area contributed by atoms with Crippen LogP contribution in [-0.4, -0.2) is 60.2 Å². The molecule has 8 nitrogen and oxygen atoms in total. The second-order valence-electron chi connectivity index (χ2n) is 6.50. The Bertz CT molecular complexity index is 817. The van der Waals surface area contributed by atoms with Gasteiger partial charge in [0, 0.05) is 13.1 Å². The predicted octanol–water partition coefficient (Wildman–Crippen LogP) is 0.342. The van der Waals surface area contributed by atoms with E-state index in [4.69, 9.17) is 5.73 Å². The van der Waals surface area contributed by atoms with Crippen LogP contribution in [0.4, 0.5) is 0 Å². The summed E-state index contributed by atoms with van der Waals surface area (Å²) in [5.41, 5.74) is 6.03. The fourth-order valence-electron chi connectivity index (χ4n) is 3.47. The molecule has 2 aliphatic heterocycles. The number of carbonyl (C=O) groups excluding carboxylic acids is 3. The van der Waals surface area contributed by atoms with Gasteiger partial charge in [-0.15, -0.1) is 0 Å². The maximum Gasteiger partial charge on any atom is 0.261 e. The van der Waals surface area contributed by atoms with E-state index in [1.54, 1.807) is 24.3 Å². The van der Waals surface area contributed by atoms with Gasteiger partial charge in [-0.05, 0) is 37.8 Å². The molecule has 9 heteroatoms. The van der Waals surface area contributed by atoms with Crippen LogP contribution in [0.15, 0.2) is 24.3 Å². The first kappa shape index (κ1) is 18.5. The minimum absolute atomic E-state index is 0.139. The topological polar surface area (TPSA) is 118 Å². The summed E-state index contributed by atoms with van der Waals surface area (Å²) in [5.74, 6) is -1.46. The summed E-state index contributed by atoms with van der Waals surface area (Å²) in [7, 11) is -3.59. The Morgan fingerprint density at radius 2 is 1.73 bits per heavy atom. The van der Waals surface area contributed by atoms with Gasteiger partial charge >= 0.3 is 0 Å². The van der Waals surface area contributed by atoms with Gasteiger partial charge in [0.1, 0.15) is 6.04 Å². The van der Waals surface area contributed by atoms with Gasteiger partial charge in [0.05, 0.1) is 16.9 Å². The maximum atomic E-state index is 12.4. The first-order valence-corrected chi connectivity index (χ1v) is 10.2. The minimum atomic E-state index is -3.59. The van der Waals surface area contributed by atoms with Crippen molar-refractivity contribution in [2.24, 2.45) is 5.73 Å². The van der Waals surface area contributed by atoms with Crippen molar-refractivity contribution in [1.82, 2.24) is 9.21 Å². The Kier molecular flexibility index (Phi) is 5.10. The number of sulfonamides is 1. The van der Waals surface area contributed by atoms with Crippen molar-refractivity contribution in [2.45, 2.75) is 31.7 Å². The van der Waals surface area contributed by atoms with Crippen LogP contribution in [0.25, 0.3) is 0 Å². The molecule has 1 atom stereocenters. The molecule has 140 valence electrons. The standard InChI is InChI=1S/C17H21N3O5S/c18-15(21)14-8-5-10-20(14)26(24,25)11-4-3-9-19-16(22)12-6-1-2-7-13(12)17(19)23/h1-2,6-7,14H,3-5,8-11H2,(H2,18,21)/t14-/m1/s1. The fourth-order valence-corrected chi connectivity index (χ4v) is 5.28. The number of hydrogen-bond acceptors (Lipinski definition) is 5. The molecule has 0 unspecified atom stereocenters. The van der Waals surface area contributed by atoms with E-state index in [1.165, 1.54) is 4.31 Å². The number of unbranched alkanes of at least 4 members (excludes halogenated alkanes) is 1. The van der Waals surface area contributed by atoms with Crippen molar-refractivity contribution in [3.63, 3.8) is 0 Å². The van der Waals surface area contributed by atoms with E-state index in [-0.39, 0.29) is 30.5 Å². The number of carbonyl (C=O) groups is 3. The summed E-state index contributed by atoms with van der Waals surface area (Å²) in [6, 6.07) is 5.85. The van der Waals surface area contributed by atoms with Gasteiger partial charge in [-0.25, -0.2) is 8.42 Å². The number of benzene rings is 1. The lowest BCUT2D eigenvalue weighted by molar-refractivity contribution is -0.121. The van der Waals surface area contributed by atoms with E-state index >= 15 is 0 Å². The predicted molar refractivity (Wildman–Crippen MR) is 93.8 cm³/mol. The molecule has 2 aliphatic rings. The van der Waals surface area contributed by atoms with E-state index in [0.29, 0.717) is 36.9 Å². The number of hydrogen-bond donors (Lipinski definition) is 1. The molecule has 1 aromatic carbocycles. The fraction of sp³-hybridized carbons (Fsp3) is 0.471. The van der Waals surface area contributed by atoms with Crippen LogP contribution in [-0.2, 0) is 14.8 Å². The first-order valence-electron chi connectivity index (χ1n) is 8.57. The highest BCUT2D eigenvalue weighted by atomic mass is 32.2. The quantitative estimate of drug-likeness (QED) is 0.541. The van der Waals surface area contributed by atoms with Crippen LogP contribution in [0.2, 0.25) is 0 Å². The molecule has 2 heterocycles. The third kappa shape index (κ3) is 3.36. The van der Waals surface area contributed by atoms with Gasteiger partial charge in [-0.1, -0.05) is 12.1 Å². The molecular weight excluding hydrogens is 358 g/mol. The molecule has 1 aromatic rings. The van der Waals surface area contributed by atoms with E-state index < -0.39 is 22.0 Å². The maximum absolute atomic E-state index is 12.4. The van der Waals surface area contributed by atoms with Crippen molar-refractivity contribution in [2.75, 3.05) is 18.8 Å². The number of imide groups is 1. The molecule has 2 N–H and O–H groups in total. The van der Waals surface area contributed by atoms with Gasteiger partial charge in [0.25, 0.3) is 11.8 Å². The second kappa shape index (κ2) is 7.16. The highest BCUT2D eigenvalue weighted by Crippen LogP contribution is 2.24. The zero-order valence-corrected chi connectivity index (χ0v) is 15.1. The molecule has 1 saturated heterocycles. The zero-order chi connectivity index (χ0) is 18.9. The van der Waals surface area contributed by atoms with Crippen LogP contribution in [0, 0.1) is 0 Å². The number of rotatable bonds is 7. The normalized spacial score (nSPS) is 20.6. The van der Waals surface area contributed by atoms with Crippen LogP contribution in [0.5, 0.6) is 0 Å². The van der Waals surface area contributed by atoms with Crippen molar-refractivity contribution in [3.8, 4) is 0 Å². The Labute approximate surface area is 152 Å². The Balaban J connectivity index is 1.54. The molecule has 0 aliphatic carbocycles. The third-order valence-electron chi connectivity index (χ3n) is 4.80. The van der Waals surface area contributed by atoms with Crippen molar-refractivity contribution in [1.29, 1.82) is 0 Å². The molecule has 0 spiro atoms. The van der Waals surface area contributed by atoms with Crippen LogP contribution >= 0.6 is 0 Å². The number of primary amides is 1.